The number of ether oxygens (including phenoxy) is 3. The molecule has 0 aromatic rings. The van der Waals surface area contributed by atoms with Crippen LogP contribution in [-0.4, -0.2) is 69.5 Å². The van der Waals surface area contributed by atoms with Gasteiger partial charge in [-0.1, -0.05) is 0 Å². The molecule has 0 aromatic carbocycles. The van der Waals surface area contributed by atoms with E-state index in [1.54, 1.807) is 13.4 Å². The highest BCUT2D eigenvalue weighted by Gasteiger charge is 1.92. The topological polar surface area (TPSA) is 56.8 Å². The zero-order chi connectivity index (χ0) is 12.8. The van der Waals surface area contributed by atoms with Gasteiger partial charge in [0, 0.05) is 36.5 Å². The maximum atomic E-state index is 10.8. The van der Waals surface area contributed by atoms with E-state index in [0.29, 0.717) is 33.0 Å². The summed E-state index contributed by atoms with van der Waals surface area (Å²) in [6, 6.07) is 0. The average molecular weight is 267 g/mol. The van der Waals surface area contributed by atoms with Crippen LogP contribution in [0.2, 0.25) is 0 Å². The second-order valence-corrected chi connectivity index (χ2v) is 5.15. The van der Waals surface area contributed by atoms with Crippen molar-refractivity contribution in [3.8, 4) is 0 Å². The minimum Gasteiger partial charge on any atom is -0.382 e. The zero-order valence-corrected chi connectivity index (χ0v) is 11.7. The molecule has 5 nitrogen and oxygen atoms in total. The first-order valence-corrected chi connectivity index (χ1v) is 7.65. The summed E-state index contributed by atoms with van der Waals surface area (Å²) in [5.41, 5.74) is 0. The molecule has 0 heterocycles. The van der Waals surface area contributed by atoms with Gasteiger partial charge in [0.2, 0.25) is 0 Å². The smallest absolute Gasteiger partial charge is 0.0701 e. The highest BCUT2D eigenvalue weighted by atomic mass is 32.2. The summed E-state index contributed by atoms with van der Waals surface area (Å²) in [6.07, 6.45) is 2.68. The number of nitrogens with one attached hydrogen (secondary N) is 1. The Labute approximate surface area is 107 Å². The Morgan fingerprint density at radius 1 is 1.00 bits per heavy atom. The lowest BCUT2D eigenvalue weighted by Crippen LogP contribution is -2.22. The Kier molecular flexibility index (Phi) is 14.0. The zero-order valence-electron chi connectivity index (χ0n) is 10.9. The van der Waals surface area contributed by atoms with Crippen molar-refractivity contribution in [1.82, 2.24) is 5.32 Å². The first-order chi connectivity index (χ1) is 8.27. The minimum absolute atomic E-state index is 0.609. The molecule has 0 aliphatic rings. The van der Waals surface area contributed by atoms with E-state index >= 15 is 0 Å². The Morgan fingerprint density at radius 2 is 1.65 bits per heavy atom. The summed E-state index contributed by atoms with van der Waals surface area (Å²) < 4.78 is 26.2. The molecule has 0 aliphatic carbocycles. The summed E-state index contributed by atoms with van der Waals surface area (Å²) in [6.45, 7) is 4.87. The molecule has 104 valence electrons. The van der Waals surface area contributed by atoms with Crippen molar-refractivity contribution in [3.05, 3.63) is 0 Å². The highest BCUT2D eigenvalue weighted by Crippen LogP contribution is 1.82. The van der Waals surface area contributed by atoms with Gasteiger partial charge in [0.25, 0.3) is 0 Å². The van der Waals surface area contributed by atoms with Crippen LogP contribution in [-0.2, 0) is 25.0 Å². The summed E-state index contributed by atoms with van der Waals surface area (Å²) in [4.78, 5) is 0. The summed E-state index contributed by atoms with van der Waals surface area (Å²) in [5, 5.41) is 3.23. The summed E-state index contributed by atoms with van der Waals surface area (Å²) in [7, 11) is 0.974. The van der Waals surface area contributed by atoms with Crippen LogP contribution in [0.5, 0.6) is 0 Å². The largest absolute Gasteiger partial charge is 0.382 e. The van der Waals surface area contributed by atoms with Crippen molar-refractivity contribution in [2.45, 2.75) is 6.42 Å². The van der Waals surface area contributed by atoms with E-state index in [2.05, 4.69) is 5.32 Å². The van der Waals surface area contributed by atoms with Crippen molar-refractivity contribution >= 4 is 10.8 Å². The lowest BCUT2D eigenvalue weighted by Gasteiger charge is -2.06. The van der Waals surface area contributed by atoms with Crippen LogP contribution in [0.25, 0.3) is 0 Å². The average Bonchev–Trinajstić information content (AvgIpc) is 2.30. The quantitative estimate of drug-likeness (QED) is 0.477. The van der Waals surface area contributed by atoms with Gasteiger partial charge in [-0.2, -0.15) is 0 Å². The number of hydrogen-bond acceptors (Lipinski definition) is 5. The third-order valence-corrected chi connectivity index (χ3v) is 2.88. The summed E-state index contributed by atoms with van der Waals surface area (Å²) in [5.74, 6) is 0.765. The lowest BCUT2D eigenvalue weighted by molar-refractivity contribution is 0.0256. The van der Waals surface area contributed by atoms with Gasteiger partial charge in [-0.3, -0.25) is 4.21 Å². The van der Waals surface area contributed by atoms with Gasteiger partial charge in [-0.25, -0.2) is 0 Å². The van der Waals surface area contributed by atoms with Crippen LogP contribution in [0.15, 0.2) is 0 Å². The fourth-order valence-corrected chi connectivity index (χ4v) is 1.68. The van der Waals surface area contributed by atoms with E-state index < -0.39 is 10.8 Å². The van der Waals surface area contributed by atoms with Gasteiger partial charge in [0.1, 0.15) is 0 Å². The van der Waals surface area contributed by atoms with Gasteiger partial charge >= 0.3 is 0 Å². The molecule has 0 amide bonds. The molecule has 0 bridgehead atoms. The van der Waals surface area contributed by atoms with Crippen molar-refractivity contribution < 1.29 is 18.4 Å². The molecule has 0 fully saturated rings. The number of methoxy groups -OCH3 is 1. The van der Waals surface area contributed by atoms with E-state index in [9.17, 15) is 4.21 Å². The van der Waals surface area contributed by atoms with Crippen LogP contribution in [0.1, 0.15) is 6.42 Å². The Bertz CT molecular complexity index is 181. The van der Waals surface area contributed by atoms with E-state index in [-0.39, 0.29) is 0 Å². The minimum atomic E-state index is -0.678. The standard InChI is InChI=1S/C11H25NO4S/c1-14-7-8-16-10-9-15-6-5-12-4-3-11-17(2)13/h12H,3-11H2,1-2H3. The SMILES string of the molecule is COCCOCCOCCNCCCS(C)=O. The molecule has 1 atom stereocenters. The normalized spacial score (nSPS) is 12.8. The second kappa shape index (κ2) is 14.1. The van der Waals surface area contributed by atoms with E-state index in [1.165, 1.54) is 0 Å². The summed E-state index contributed by atoms with van der Waals surface area (Å²) >= 11 is 0. The third kappa shape index (κ3) is 16.0. The van der Waals surface area contributed by atoms with Gasteiger partial charge < -0.3 is 19.5 Å². The highest BCUT2D eigenvalue weighted by molar-refractivity contribution is 7.84. The maximum absolute atomic E-state index is 10.8. The second-order valence-electron chi connectivity index (χ2n) is 3.60. The van der Waals surface area contributed by atoms with Crippen LogP contribution in [0, 0.1) is 0 Å². The predicted octanol–water partition coefficient (Wildman–Crippen LogP) is 0.0242. The van der Waals surface area contributed by atoms with Crippen molar-refractivity contribution in [2.75, 3.05) is 65.2 Å². The number of hydrogen-bond donors (Lipinski definition) is 1. The molecule has 0 aromatic heterocycles. The maximum Gasteiger partial charge on any atom is 0.0701 e. The molecule has 0 aliphatic heterocycles. The van der Waals surface area contributed by atoms with Crippen LogP contribution in [0.3, 0.4) is 0 Å². The van der Waals surface area contributed by atoms with Crippen LogP contribution >= 0.6 is 0 Å². The Morgan fingerprint density at radius 3 is 2.29 bits per heavy atom. The molecule has 0 radical (unpaired) electrons. The third-order valence-electron chi connectivity index (χ3n) is 2.01. The van der Waals surface area contributed by atoms with Gasteiger partial charge in [-0.05, 0) is 13.0 Å². The molecular weight excluding hydrogens is 242 g/mol. The molecule has 0 saturated heterocycles. The fraction of sp³-hybridized carbons (Fsp3) is 1.00. The van der Waals surface area contributed by atoms with E-state index in [1.807, 2.05) is 0 Å². The van der Waals surface area contributed by atoms with Gasteiger partial charge in [-0.15, -0.1) is 0 Å². The Hall–Kier alpha value is -0.0100. The lowest BCUT2D eigenvalue weighted by atomic mass is 10.5. The van der Waals surface area contributed by atoms with Crippen molar-refractivity contribution in [3.63, 3.8) is 0 Å². The van der Waals surface area contributed by atoms with Crippen molar-refractivity contribution in [1.29, 1.82) is 0 Å². The number of rotatable bonds is 13. The molecule has 1 N–H and O–H groups in total. The molecule has 1 unspecified atom stereocenters. The monoisotopic (exact) mass is 267 g/mol. The fourth-order valence-electron chi connectivity index (χ4n) is 1.13. The molecule has 0 rings (SSSR count). The Balaban J connectivity index is 2.91. The van der Waals surface area contributed by atoms with Crippen molar-refractivity contribution in [2.24, 2.45) is 0 Å². The molecule has 6 heteroatoms. The molecule has 17 heavy (non-hydrogen) atoms. The first-order valence-electron chi connectivity index (χ1n) is 5.92. The first kappa shape index (κ1) is 17.0. The van der Waals surface area contributed by atoms with Gasteiger partial charge in [0.15, 0.2) is 0 Å². The van der Waals surface area contributed by atoms with E-state index in [4.69, 9.17) is 14.2 Å². The molecule has 0 spiro atoms. The van der Waals surface area contributed by atoms with Gasteiger partial charge in [0.05, 0.1) is 33.0 Å². The molecular formula is C11H25NO4S. The van der Waals surface area contributed by atoms with Crippen LogP contribution < -0.4 is 5.32 Å². The predicted molar refractivity (Wildman–Crippen MR) is 69.9 cm³/mol. The van der Waals surface area contributed by atoms with E-state index in [0.717, 1.165) is 25.3 Å². The van der Waals surface area contributed by atoms with Crippen LogP contribution in [0.4, 0.5) is 0 Å². The molecule has 0 saturated carbocycles.